The summed E-state index contributed by atoms with van der Waals surface area (Å²) in [4.78, 5) is 1.42. The van der Waals surface area contributed by atoms with Gasteiger partial charge in [0.2, 0.25) is 0 Å². The van der Waals surface area contributed by atoms with Crippen LogP contribution in [0.5, 0.6) is 0 Å². The molecule has 1 aliphatic rings. The van der Waals surface area contributed by atoms with Crippen LogP contribution in [0.25, 0.3) is 0 Å². The standard InChI is InChI=1S/C12H19NOS/c1-8-10(4-6-14-8)12(13-3)11-5-7-15-9(11)2/h5,7-8,10,12-13H,4,6H2,1-3H3. The van der Waals surface area contributed by atoms with Crippen molar-refractivity contribution >= 4 is 11.3 Å². The van der Waals surface area contributed by atoms with Gasteiger partial charge in [0.05, 0.1) is 6.10 Å². The highest BCUT2D eigenvalue weighted by atomic mass is 32.1. The lowest BCUT2D eigenvalue weighted by molar-refractivity contribution is 0.0963. The number of hydrogen-bond donors (Lipinski definition) is 1. The summed E-state index contributed by atoms with van der Waals surface area (Å²) in [7, 11) is 2.05. The molecule has 1 aromatic heterocycles. The molecule has 0 spiro atoms. The molecule has 2 rings (SSSR count). The zero-order chi connectivity index (χ0) is 10.8. The molecule has 2 heterocycles. The molecule has 0 aliphatic carbocycles. The van der Waals surface area contributed by atoms with E-state index in [4.69, 9.17) is 4.74 Å². The van der Waals surface area contributed by atoms with Crippen molar-refractivity contribution in [2.24, 2.45) is 5.92 Å². The highest BCUT2D eigenvalue weighted by molar-refractivity contribution is 7.10. The summed E-state index contributed by atoms with van der Waals surface area (Å²) < 4.78 is 5.65. The smallest absolute Gasteiger partial charge is 0.0594 e. The number of thiophene rings is 1. The average Bonchev–Trinajstić information content (AvgIpc) is 2.80. The number of nitrogens with one attached hydrogen (secondary N) is 1. The van der Waals surface area contributed by atoms with Crippen LogP contribution >= 0.6 is 11.3 Å². The summed E-state index contributed by atoms with van der Waals surface area (Å²) in [6, 6.07) is 2.69. The maximum Gasteiger partial charge on any atom is 0.0594 e. The Kier molecular flexibility index (Phi) is 3.44. The van der Waals surface area contributed by atoms with Crippen LogP contribution in [0.4, 0.5) is 0 Å². The summed E-state index contributed by atoms with van der Waals surface area (Å²) >= 11 is 1.83. The minimum atomic E-state index is 0.377. The van der Waals surface area contributed by atoms with Crippen LogP contribution < -0.4 is 5.32 Å². The van der Waals surface area contributed by atoms with E-state index in [-0.39, 0.29) is 0 Å². The van der Waals surface area contributed by atoms with Crippen LogP contribution in [0, 0.1) is 12.8 Å². The molecular formula is C12H19NOS. The number of ether oxygens (including phenoxy) is 1. The summed E-state index contributed by atoms with van der Waals surface area (Å²) in [6.45, 7) is 5.29. The van der Waals surface area contributed by atoms with Gasteiger partial charge in [-0.25, -0.2) is 0 Å². The molecule has 2 nitrogen and oxygen atoms in total. The van der Waals surface area contributed by atoms with Gasteiger partial charge in [-0.15, -0.1) is 11.3 Å². The van der Waals surface area contributed by atoms with E-state index >= 15 is 0 Å². The largest absolute Gasteiger partial charge is 0.378 e. The van der Waals surface area contributed by atoms with E-state index in [0.717, 1.165) is 6.61 Å². The van der Waals surface area contributed by atoms with Gasteiger partial charge < -0.3 is 10.1 Å². The fraction of sp³-hybridized carbons (Fsp3) is 0.667. The van der Waals surface area contributed by atoms with Gasteiger partial charge in [-0.05, 0) is 44.3 Å². The molecule has 3 heteroatoms. The molecule has 1 N–H and O–H groups in total. The lowest BCUT2D eigenvalue weighted by Crippen LogP contribution is -2.29. The van der Waals surface area contributed by atoms with E-state index in [1.807, 2.05) is 18.4 Å². The lowest BCUT2D eigenvalue weighted by Gasteiger charge is -2.25. The predicted octanol–water partition coefficient (Wildman–Crippen LogP) is 2.74. The Morgan fingerprint density at radius 2 is 2.40 bits per heavy atom. The van der Waals surface area contributed by atoms with Gasteiger partial charge in [-0.2, -0.15) is 0 Å². The van der Waals surface area contributed by atoms with Crippen LogP contribution in [0.2, 0.25) is 0 Å². The molecular weight excluding hydrogens is 206 g/mol. The van der Waals surface area contributed by atoms with Crippen molar-refractivity contribution in [1.29, 1.82) is 0 Å². The highest BCUT2D eigenvalue weighted by Gasteiger charge is 2.32. The first-order chi connectivity index (χ1) is 7.24. The van der Waals surface area contributed by atoms with Gasteiger partial charge in [0.15, 0.2) is 0 Å². The van der Waals surface area contributed by atoms with Crippen molar-refractivity contribution in [3.8, 4) is 0 Å². The fourth-order valence-corrected chi connectivity index (χ4v) is 3.25. The molecule has 0 saturated carbocycles. The summed E-state index contributed by atoms with van der Waals surface area (Å²) in [5, 5.41) is 5.62. The second-order valence-corrected chi connectivity index (χ2v) is 5.35. The van der Waals surface area contributed by atoms with Crippen molar-refractivity contribution in [3.63, 3.8) is 0 Å². The predicted molar refractivity (Wildman–Crippen MR) is 64.4 cm³/mol. The molecule has 1 saturated heterocycles. The van der Waals surface area contributed by atoms with Crippen LogP contribution in [-0.4, -0.2) is 19.8 Å². The highest BCUT2D eigenvalue weighted by Crippen LogP contribution is 2.35. The van der Waals surface area contributed by atoms with Gasteiger partial charge in [-0.3, -0.25) is 0 Å². The minimum absolute atomic E-state index is 0.377. The maximum atomic E-state index is 5.65. The molecule has 0 aromatic carbocycles. The topological polar surface area (TPSA) is 21.3 Å². The SMILES string of the molecule is CNC(c1ccsc1C)C1CCOC1C. The zero-order valence-electron chi connectivity index (χ0n) is 9.62. The second-order valence-electron chi connectivity index (χ2n) is 4.23. The molecule has 1 aliphatic heterocycles. The van der Waals surface area contributed by atoms with Gasteiger partial charge in [0.1, 0.15) is 0 Å². The fourth-order valence-electron chi connectivity index (χ4n) is 2.50. The van der Waals surface area contributed by atoms with Crippen LogP contribution in [0.15, 0.2) is 11.4 Å². The van der Waals surface area contributed by atoms with Gasteiger partial charge >= 0.3 is 0 Å². The van der Waals surface area contributed by atoms with Gasteiger partial charge in [0.25, 0.3) is 0 Å². The van der Waals surface area contributed by atoms with E-state index in [9.17, 15) is 0 Å². The van der Waals surface area contributed by atoms with E-state index in [1.165, 1.54) is 16.9 Å². The minimum Gasteiger partial charge on any atom is -0.378 e. The normalized spacial score (nSPS) is 28.2. The Morgan fingerprint density at radius 3 is 2.87 bits per heavy atom. The molecule has 0 amide bonds. The first kappa shape index (κ1) is 11.1. The van der Waals surface area contributed by atoms with E-state index < -0.39 is 0 Å². The van der Waals surface area contributed by atoms with E-state index in [0.29, 0.717) is 18.1 Å². The van der Waals surface area contributed by atoms with Crippen LogP contribution in [0.3, 0.4) is 0 Å². The maximum absolute atomic E-state index is 5.65. The van der Waals surface area contributed by atoms with Crippen LogP contribution in [-0.2, 0) is 4.74 Å². The molecule has 15 heavy (non-hydrogen) atoms. The van der Waals surface area contributed by atoms with Gasteiger partial charge in [-0.1, -0.05) is 0 Å². The number of hydrogen-bond acceptors (Lipinski definition) is 3. The van der Waals surface area contributed by atoms with Crippen LogP contribution in [0.1, 0.15) is 29.8 Å². The molecule has 84 valence electrons. The molecule has 3 unspecified atom stereocenters. The lowest BCUT2D eigenvalue weighted by atomic mass is 9.89. The Labute approximate surface area is 95.6 Å². The Morgan fingerprint density at radius 1 is 1.60 bits per heavy atom. The van der Waals surface area contributed by atoms with Gasteiger partial charge in [0, 0.05) is 23.4 Å². The summed E-state index contributed by atoms with van der Waals surface area (Å²) in [5.74, 6) is 0.614. The molecule has 1 aromatic rings. The zero-order valence-corrected chi connectivity index (χ0v) is 10.4. The Bertz CT molecular complexity index is 323. The average molecular weight is 225 g/mol. The molecule has 1 fully saturated rings. The first-order valence-corrected chi connectivity index (χ1v) is 6.45. The molecule has 0 bridgehead atoms. The Hall–Kier alpha value is -0.380. The second kappa shape index (κ2) is 4.64. The summed E-state index contributed by atoms with van der Waals surface area (Å²) in [6.07, 6.45) is 1.55. The van der Waals surface area contributed by atoms with Crippen molar-refractivity contribution in [2.75, 3.05) is 13.7 Å². The van der Waals surface area contributed by atoms with Crippen molar-refractivity contribution < 1.29 is 4.74 Å². The van der Waals surface area contributed by atoms with Crippen molar-refractivity contribution in [3.05, 3.63) is 21.9 Å². The summed E-state index contributed by atoms with van der Waals surface area (Å²) in [5.41, 5.74) is 1.45. The van der Waals surface area contributed by atoms with E-state index in [1.54, 1.807) is 0 Å². The third-order valence-corrected chi connectivity index (χ3v) is 4.27. The monoisotopic (exact) mass is 225 g/mol. The third-order valence-electron chi connectivity index (χ3n) is 3.41. The molecule has 0 radical (unpaired) electrons. The quantitative estimate of drug-likeness (QED) is 0.854. The molecule has 3 atom stereocenters. The first-order valence-electron chi connectivity index (χ1n) is 5.57. The van der Waals surface area contributed by atoms with Crippen molar-refractivity contribution in [1.82, 2.24) is 5.32 Å². The Balaban J connectivity index is 2.20. The number of rotatable bonds is 3. The number of aryl methyl sites for hydroxylation is 1. The van der Waals surface area contributed by atoms with Crippen molar-refractivity contribution in [2.45, 2.75) is 32.4 Å². The van der Waals surface area contributed by atoms with E-state index in [2.05, 4.69) is 30.6 Å². The third kappa shape index (κ3) is 2.10.